The molecular formula is C18H24N4O2S. The normalized spacial score (nSPS) is 21.8. The van der Waals surface area contributed by atoms with Crippen molar-refractivity contribution < 1.29 is 8.42 Å². The van der Waals surface area contributed by atoms with Crippen LogP contribution in [0.15, 0.2) is 23.2 Å². The van der Waals surface area contributed by atoms with Crippen molar-refractivity contribution in [2.45, 2.75) is 56.9 Å². The smallest absolute Gasteiger partial charge is 0.243 e. The van der Waals surface area contributed by atoms with E-state index < -0.39 is 10.0 Å². The van der Waals surface area contributed by atoms with Crippen molar-refractivity contribution >= 4 is 10.0 Å². The van der Waals surface area contributed by atoms with Gasteiger partial charge in [-0.3, -0.25) is 0 Å². The fraction of sp³-hybridized carbons (Fsp3) is 0.556. The lowest BCUT2D eigenvalue weighted by atomic mass is 10.1. The van der Waals surface area contributed by atoms with Gasteiger partial charge in [0.1, 0.15) is 0 Å². The van der Waals surface area contributed by atoms with Gasteiger partial charge in [-0.05, 0) is 51.2 Å². The molecule has 0 radical (unpaired) electrons. The van der Waals surface area contributed by atoms with Crippen LogP contribution in [-0.2, 0) is 10.0 Å². The van der Waals surface area contributed by atoms with Crippen LogP contribution in [0.2, 0.25) is 0 Å². The molecule has 2 aliphatic rings. The molecule has 1 unspecified atom stereocenters. The van der Waals surface area contributed by atoms with Gasteiger partial charge in [0.2, 0.25) is 10.0 Å². The largest absolute Gasteiger partial charge is 0.248 e. The second-order valence-electron chi connectivity index (χ2n) is 7.43. The third-order valence-corrected chi connectivity index (χ3v) is 7.40. The van der Waals surface area contributed by atoms with Crippen molar-refractivity contribution in [3.05, 3.63) is 40.7 Å². The Kier molecular flexibility index (Phi) is 3.96. The number of rotatable bonds is 4. The Bertz CT molecular complexity index is 892. The van der Waals surface area contributed by atoms with E-state index in [-0.39, 0.29) is 6.04 Å². The Morgan fingerprint density at radius 1 is 1.08 bits per heavy atom. The van der Waals surface area contributed by atoms with Crippen molar-refractivity contribution in [3.63, 3.8) is 0 Å². The third-order valence-electron chi connectivity index (χ3n) is 5.23. The van der Waals surface area contributed by atoms with Gasteiger partial charge >= 0.3 is 0 Å². The predicted octanol–water partition coefficient (Wildman–Crippen LogP) is 2.72. The summed E-state index contributed by atoms with van der Waals surface area (Å²) in [6.45, 7) is 6.73. The van der Waals surface area contributed by atoms with Crippen LogP contribution in [0.4, 0.5) is 0 Å². The number of aromatic nitrogens is 3. The molecule has 1 aliphatic carbocycles. The summed E-state index contributed by atoms with van der Waals surface area (Å²) in [6.07, 6.45) is 5.16. The molecular weight excluding hydrogens is 336 g/mol. The van der Waals surface area contributed by atoms with Gasteiger partial charge in [-0.25, -0.2) is 13.1 Å². The van der Waals surface area contributed by atoms with Gasteiger partial charge < -0.3 is 0 Å². The molecule has 0 amide bonds. The monoisotopic (exact) mass is 360 g/mol. The van der Waals surface area contributed by atoms with Gasteiger partial charge in [0.15, 0.2) is 0 Å². The Labute approximate surface area is 148 Å². The summed E-state index contributed by atoms with van der Waals surface area (Å²) in [4.78, 5) is 0.455. The Balaban J connectivity index is 1.58. The van der Waals surface area contributed by atoms with Crippen LogP contribution >= 0.6 is 0 Å². The highest BCUT2D eigenvalue weighted by molar-refractivity contribution is 7.89. The van der Waals surface area contributed by atoms with Crippen LogP contribution in [0.3, 0.4) is 0 Å². The summed E-state index contributed by atoms with van der Waals surface area (Å²) in [5, 5.41) is 8.49. The third kappa shape index (κ3) is 3.00. The topological polar surface area (TPSA) is 68.1 Å². The molecule has 1 aromatic heterocycles. The van der Waals surface area contributed by atoms with E-state index in [0.717, 1.165) is 28.8 Å². The van der Waals surface area contributed by atoms with E-state index in [1.165, 1.54) is 12.8 Å². The molecule has 1 saturated carbocycles. The van der Waals surface area contributed by atoms with Crippen molar-refractivity contribution in [1.29, 1.82) is 0 Å². The lowest BCUT2D eigenvalue weighted by Gasteiger charge is -2.20. The predicted molar refractivity (Wildman–Crippen MR) is 95.1 cm³/mol. The van der Waals surface area contributed by atoms with Gasteiger partial charge in [-0.2, -0.15) is 4.31 Å². The van der Waals surface area contributed by atoms with Gasteiger partial charge in [0.25, 0.3) is 0 Å². The fourth-order valence-corrected chi connectivity index (χ4v) is 5.79. The maximum absolute atomic E-state index is 13.2. The summed E-state index contributed by atoms with van der Waals surface area (Å²) in [5.41, 5.74) is 3.77. The quantitative estimate of drug-likeness (QED) is 0.841. The van der Waals surface area contributed by atoms with Crippen LogP contribution in [0.5, 0.6) is 0 Å². The molecule has 0 spiro atoms. The molecule has 1 atom stereocenters. The van der Waals surface area contributed by atoms with Crippen molar-refractivity contribution in [1.82, 2.24) is 19.3 Å². The fourth-order valence-electron chi connectivity index (χ4n) is 3.88. The average molecular weight is 360 g/mol. The van der Waals surface area contributed by atoms with Crippen molar-refractivity contribution in [2.24, 2.45) is 0 Å². The zero-order valence-corrected chi connectivity index (χ0v) is 15.8. The summed E-state index contributed by atoms with van der Waals surface area (Å²) < 4.78 is 29.8. The first-order valence-electron chi connectivity index (χ1n) is 8.86. The molecule has 1 aliphatic heterocycles. The molecule has 7 heteroatoms. The molecule has 2 aromatic rings. The Morgan fingerprint density at radius 3 is 2.40 bits per heavy atom. The molecule has 0 N–H and O–H groups in total. The number of sulfonamides is 1. The lowest BCUT2D eigenvalue weighted by Crippen LogP contribution is -2.30. The highest BCUT2D eigenvalue weighted by Gasteiger charge is 2.36. The molecule has 25 heavy (non-hydrogen) atoms. The molecule has 0 bridgehead atoms. The summed E-state index contributed by atoms with van der Waals surface area (Å²) in [5.74, 6) is 0.563. The van der Waals surface area contributed by atoms with Crippen LogP contribution < -0.4 is 0 Å². The van der Waals surface area contributed by atoms with Gasteiger partial charge in [-0.1, -0.05) is 22.9 Å². The van der Waals surface area contributed by atoms with Gasteiger partial charge in [0.05, 0.1) is 16.6 Å². The zero-order chi connectivity index (χ0) is 17.8. The first-order valence-corrected chi connectivity index (χ1v) is 10.3. The standard InChI is InChI=1S/C18H24N4O2S/c1-12-8-13(2)18(14(3)9-12)25(23,24)21-7-6-16(10-21)22-11-17(19-20-22)15-4-5-15/h8-9,11,15-16H,4-7,10H2,1-3H3. The van der Waals surface area contributed by atoms with E-state index in [1.54, 1.807) is 4.31 Å². The van der Waals surface area contributed by atoms with Crippen LogP contribution in [-0.4, -0.2) is 40.8 Å². The van der Waals surface area contributed by atoms with E-state index in [2.05, 4.69) is 10.3 Å². The van der Waals surface area contributed by atoms with E-state index in [1.807, 2.05) is 43.8 Å². The second-order valence-corrected chi connectivity index (χ2v) is 9.31. The van der Waals surface area contributed by atoms with Crippen LogP contribution in [0.25, 0.3) is 0 Å². The van der Waals surface area contributed by atoms with E-state index in [4.69, 9.17) is 0 Å². The van der Waals surface area contributed by atoms with Gasteiger partial charge in [0, 0.05) is 25.2 Å². The number of aryl methyl sites for hydroxylation is 3. The molecule has 6 nitrogen and oxygen atoms in total. The SMILES string of the molecule is Cc1cc(C)c(S(=O)(=O)N2CCC(n3cc(C4CC4)nn3)C2)c(C)c1. The first kappa shape index (κ1) is 16.7. The van der Waals surface area contributed by atoms with Crippen molar-refractivity contribution in [2.75, 3.05) is 13.1 Å². The maximum atomic E-state index is 13.2. The van der Waals surface area contributed by atoms with Gasteiger partial charge in [-0.15, -0.1) is 5.10 Å². The highest BCUT2D eigenvalue weighted by Crippen LogP contribution is 2.39. The molecule has 134 valence electrons. The Morgan fingerprint density at radius 2 is 1.76 bits per heavy atom. The first-order chi connectivity index (χ1) is 11.9. The second kappa shape index (κ2) is 5.92. The lowest BCUT2D eigenvalue weighted by molar-refractivity contribution is 0.428. The molecule has 1 saturated heterocycles. The molecule has 1 aromatic carbocycles. The average Bonchev–Trinajstić information content (AvgIpc) is 3.06. The van der Waals surface area contributed by atoms with Crippen molar-refractivity contribution in [3.8, 4) is 0 Å². The highest BCUT2D eigenvalue weighted by atomic mass is 32.2. The zero-order valence-electron chi connectivity index (χ0n) is 14.9. The minimum atomic E-state index is -3.48. The Hall–Kier alpha value is -1.73. The van der Waals surface area contributed by atoms with E-state index in [9.17, 15) is 8.42 Å². The molecule has 2 heterocycles. The number of hydrogen-bond donors (Lipinski definition) is 0. The van der Waals surface area contributed by atoms with Crippen LogP contribution in [0, 0.1) is 20.8 Å². The number of benzene rings is 1. The maximum Gasteiger partial charge on any atom is 0.243 e. The minimum Gasteiger partial charge on any atom is -0.248 e. The summed E-state index contributed by atoms with van der Waals surface area (Å²) >= 11 is 0. The van der Waals surface area contributed by atoms with E-state index in [0.29, 0.717) is 23.9 Å². The molecule has 2 fully saturated rings. The molecule has 4 rings (SSSR count). The summed E-state index contributed by atoms with van der Waals surface area (Å²) in [6, 6.07) is 3.94. The van der Waals surface area contributed by atoms with E-state index >= 15 is 0 Å². The number of hydrogen-bond acceptors (Lipinski definition) is 4. The number of nitrogens with zero attached hydrogens (tertiary/aromatic N) is 4. The van der Waals surface area contributed by atoms with Crippen LogP contribution in [0.1, 0.15) is 53.6 Å². The minimum absolute atomic E-state index is 0.0702. The summed E-state index contributed by atoms with van der Waals surface area (Å²) in [7, 11) is -3.48.